The molecule has 0 aliphatic carbocycles. The Morgan fingerprint density at radius 1 is 1.37 bits per heavy atom. The first-order valence-electron chi connectivity index (χ1n) is 5.73. The van der Waals surface area contributed by atoms with Crippen LogP contribution in [0.4, 0.5) is 0 Å². The molecule has 1 aromatic carbocycles. The highest BCUT2D eigenvalue weighted by Crippen LogP contribution is 2.26. The third-order valence-electron chi connectivity index (χ3n) is 2.60. The summed E-state index contributed by atoms with van der Waals surface area (Å²) >= 11 is 0. The number of carbonyl (C=O) groups excluding carboxylic acids is 1. The van der Waals surface area contributed by atoms with Gasteiger partial charge in [-0.25, -0.2) is 4.98 Å². The van der Waals surface area contributed by atoms with E-state index >= 15 is 0 Å². The van der Waals surface area contributed by atoms with Gasteiger partial charge in [0.25, 0.3) is 5.91 Å². The van der Waals surface area contributed by atoms with Crippen molar-refractivity contribution in [1.29, 1.82) is 0 Å². The number of aryl methyl sites for hydroxylation is 1. The van der Waals surface area contributed by atoms with Crippen molar-refractivity contribution in [3.8, 4) is 11.5 Å². The lowest BCUT2D eigenvalue weighted by molar-refractivity contribution is 0.0928. The molecule has 0 aliphatic rings. The monoisotopic (exact) mass is 262 g/mol. The molecule has 1 atom stereocenters. The van der Waals surface area contributed by atoms with Crippen LogP contribution in [0.2, 0.25) is 0 Å². The number of rotatable bonds is 3. The summed E-state index contributed by atoms with van der Waals surface area (Å²) in [6.07, 6.45) is 1.55. The second kappa shape index (κ2) is 5.01. The van der Waals surface area contributed by atoms with Gasteiger partial charge in [0, 0.05) is 0 Å². The largest absolute Gasteiger partial charge is 0.507 e. The van der Waals surface area contributed by atoms with Crippen molar-refractivity contribution in [2.75, 3.05) is 0 Å². The third kappa shape index (κ3) is 2.67. The maximum Gasteiger partial charge on any atom is 0.259 e. The molecule has 0 radical (unpaired) electrons. The fraction of sp³-hybridized carbons (Fsp3) is 0.231. The molecule has 2 rings (SSSR count). The number of aromatic nitrogens is 1. The lowest BCUT2D eigenvalue weighted by atomic mass is 10.1. The Morgan fingerprint density at radius 3 is 2.53 bits per heavy atom. The maximum absolute atomic E-state index is 12.0. The van der Waals surface area contributed by atoms with Crippen molar-refractivity contribution in [2.45, 2.75) is 19.9 Å². The van der Waals surface area contributed by atoms with Crippen molar-refractivity contribution in [3.63, 3.8) is 0 Å². The molecular formula is C13H14N2O4. The zero-order valence-electron chi connectivity index (χ0n) is 10.5. The predicted molar refractivity (Wildman–Crippen MR) is 66.9 cm³/mol. The second-order valence-corrected chi connectivity index (χ2v) is 4.18. The van der Waals surface area contributed by atoms with E-state index in [0.717, 1.165) is 0 Å². The molecule has 0 bridgehead atoms. The number of oxazole rings is 1. The van der Waals surface area contributed by atoms with E-state index in [1.54, 1.807) is 20.0 Å². The normalized spacial score (nSPS) is 12.1. The first-order chi connectivity index (χ1) is 8.99. The van der Waals surface area contributed by atoms with Crippen LogP contribution >= 0.6 is 0 Å². The van der Waals surface area contributed by atoms with Gasteiger partial charge in [0.05, 0.1) is 6.20 Å². The molecule has 2 aromatic rings. The highest BCUT2D eigenvalue weighted by Gasteiger charge is 2.20. The quantitative estimate of drug-likeness (QED) is 0.785. The van der Waals surface area contributed by atoms with Crippen LogP contribution in [0.5, 0.6) is 11.5 Å². The molecule has 0 fully saturated rings. The topological polar surface area (TPSA) is 95.6 Å². The van der Waals surface area contributed by atoms with Gasteiger partial charge in [-0.1, -0.05) is 6.07 Å². The molecule has 6 heteroatoms. The van der Waals surface area contributed by atoms with E-state index in [9.17, 15) is 15.0 Å². The van der Waals surface area contributed by atoms with Gasteiger partial charge in [0.1, 0.15) is 28.9 Å². The minimum atomic E-state index is -0.598. The molecule has 1 unspecified atom stereocenters. The van der Waals surface area contributed by atoms with Crippen LogP contribution in [0.1, 0.15) is 35.0 Å². The molecule has 100 valence electrons. The lowest BCUT2D eigenvalue weighted by Gasteiger charge is -2.12. The summed E-state index contributed by atoms with van der Waals surface area (Å²) in [5.74, 6) is -0.164. The van der Waals surface area contributed by atoms with E-state index in [4.69, 9.17) is 4.42 Å². The number of carbonyl (C=O) groups is 1. The van der Waals surface area contributed by atoms with Gasteiger partial charge in [0.2, 0.25) is 5.89 Å². The molecule has 3 N–H and O–H groups in total. The summed E-state index contributed by atoms with van der Waals surface area (Å²) in [5, 5.41) is 21.8. The van der Waals surface area contributed by atoms with Crippen molar-refractivity contribution in [3.05, 3.63) is 41.6 Å². The van der Waals surface area contributed by atoms with Crippen LogP contribution in [-0.2, 0) is 0 Å². The molecule has 6 nitrogen and oxygen atoms in total. The van der Waals surface area contributed by atoms with Gasteiger partial charge in [0.15, 0.2) is 0 Å². The van der Waals surface area contributed by atoms with E-state index < -0.39 is 11.9 Å². The number of nitrogens with zero attached hydrogens (tertiary/aromatic N) is 1. The van der Waals surface area contributed by atoms with Gasteiger partial charge < -0.3 is 19.9 Å². The zero-order valence-corrected chi connectivity index (χ0v) is 10.5. The lowest BCUT2D eigenvalue weighted by Crippen LogP contribution is -2.27. The summed E-state index contributed by atoms with van der Waals surface area (Å²) < 4.78 is 5.29. The van der Waals surface area contributed by atoms with Crippen LogP contribution < -0.4 is 5.32 Å². The second-order valence-electron chi connectivity index (χ2n) is 4.18. The highest BCUT2D eigenvalue weighted by molar-refractivity contribution is 5.99. The number of hydrogen-bond donors (Lipinski definition) is 3. The standard InChI is InChI=1S/C13H14N2O4/c1-7-6-14-13(19-7)8(2)15-12(18)11-9(16)4-3-5-10(11)17/h3-6,8,16-17H,1-2H3,(H,15,18). The van der Waals surface area contributed by atoms with Crippen LogP contribution in [0.3, 0.4) is 0 Å². The van der Waals surface area contributed by atoms with E-state index in [1.807, 2.05) is 0 Å². The average molecular weight is 262 g/mol. The smallest absolute Gasteiger partial charge is 0.259 e. The molecule has 19 heavy (non-hydrogen) atoms. The van der Waals surface area contributed by atoms with Crippen molar-refractivity contribution < 1.29 is 19.4 Å². The Hall–Kier alpha value is -2.50. The van der Waals surface area contributed by atoms with Gasteiger partial charge in [-0.3, -0.25) is 4.79 Å². The SMILES string of the molecule is Cc1cnc(C(C)NC(=O)c2c(O)cccc2O)o1. The number of hydrogen-bond acceptors (Lipinski definition) is 5. The molecular weight excluding hydrogens is 248 g/mol. The molecule has 0 saturated carbocycles. The van der Waals surface area contributed by atoms with E-state index in [2.05, 4.69) is 10.3 Å². The highest BCUT2D eigenvalue weighted by atomic mass is 16.4. The van der Waals surface area contributed by atoms with E-state index in [0.29, 0.717) is 11.7 Å². The minimum Gasteiger partial charge on any atom is -0.507 e. The molecule has 1 aromatic heterocycles. The number of aromatic hydroxyl groups is 2. The van der Waals surface area contributed by atoms with Gasteiger partial charge >= 0.3 is 0 Å². The van der Waals surface area contributed by atoms with E-state index in [1.165, 1.54) is 18.2 Å². The van der Waals surface area contributed by atoms with Crippen LogP contribution in [0.15, 0.2) is 28.8 Å². The fourth-order valence-electron chi connectivity index (χ4n) is 1.66. The number of phenols is 2. The Morgan fingerprint density at radius 2 is 2.00 bits per heavy atom. The average Bonchev–Trinajstić information content (AvgIpc) is 2.75. The van der Waals surface area contributed by atoms with Crippen molar-refractivity contribution >= 4 is 5.91 Å². The molecule has 0 spiro atoms. The van der Waals surface area contributed by atoms with Gasteiger partial charge in [-0.15, -0.1) is 0 Å². The Bertz CT molecular complexity index is 586. The zero-order chi connectivity index (χ0) is 14.0. The number of phenolic OH excluding ortho intramolecular Hbond substituents is 2. The van der Waals surface area contributed by atoms with Crippen molar-refractivity contribution in [1.82, 2.24) is 10.3 Å². The Balaban J connectivity index is 2.17. The fourth-order valence-corrected chi connectivity index (χ4v) is 1.66. The van der Waals surface area contributed by atoms with Gasteiger partial charge in [-0.2, -0.15) is 0 Å². The maximum atomic E-state index is 12.0. The van der Waals surface area contributed by atoms with Crippen LogP contribution in [0, 0.1) is 6.92 Å². The molecule has 1 heterocycles. The van der Waals surface area contributed by atoms with Crippen LogP contribution in [-0.4, -0.2) is 21.1 Å². The number of amides is 1. The summed E-state index contributed by atoms with van der Waals surface area (Å²) in [7, 11) is 0. The van der Waals surface area contributed by atoms with Gasteiger partial charge in [-0.05, 0) is 26.0 Å². The minimum absolute atomic E-state index is 0.169. The Labute approximate surface area is 109 Å². The molecule has 1 amide bonds. The van der Waals surface area contributed by atoms with E-state index in [-0.39, 0.29) is 17.1 Å². The predicted octanol–water partition coefficient (Wildman–Crippen LogP) is 1.89. The van der Waals surface area contributed by atoms with Crippen LogP contribution in [0.25, 0.3) is 0 Å². The van der Waals surface area contributed by atoms with Crippen molar-refractivity contribution in [2.24, 2.45) is 0 Å². The summed E-state index contributed by atoms with van der Waals surface area (Å²) in [6, 6.07) is 3.63. The number of benzene rings is 1. The first kappa shape index (κ1) is 12.9. The Kier molecular flexibility index (Phi) is 3.41. The number of nitrogens with one attached hydrogen (secondary N) is 1. The summed E-state index contributed by atoms with van der Waals surface area (Å²) in [5.41, 5.74) is -0.169. The first-order valence-corrected chi connectivity index (χ1v) is 5.73. The third-order valence-corrected chi connectivity index (χ3v) is 2.60. The summed E-state index contributed by atoms with van der Waals surface area (Å²) in [4.78, 5) is 16.0. The molecule has 0 aliphatic heterocycles. The summed E-state index contributed by atoms with van der Waals surface area (Å²) in [6.45, 7) is 3.44. The molecule has 0 saturated heterocycles.